The number of ether oxygens (including phenoxy) is 1. The van der Waals surface area contributed by atoms with Crippen molar-refractivity contribution in [3.05, 3.63) is 0 Å². The molecule has 1 aliphatic heterocycles. The molecular weight excluding hydrogens is 198 g/mol. The second kappa shape index (κ2) is 9.07. The molecule has 1 heterocycles. The Balaban J connectivity index is 0.000000180. The highest BCUT2D eigenvalue weighted by Crippen LogP contribution is 1.76. The number of rotatable bonds is 1. The van der Waals surface area contributed by atoms with Crippen LogP contribution in [0.1, 0.15) is 0 Å². The van der Waals surface area contributed by atoms with Crippen molar-refractivity contribution in [3.8, 4) is 0 Å². The summed E-state index contributed by atoms with van der Waals surface area (Å²) in [5.41, 5.74) is 0. The largest absolute Gasteiger partial charge is 0.379 e. The SMILES string of the molecule is C1COCCN1.O=CCBr. The summed E-state index contributed by atoms with van der Waals surface area (Å²) in [6.07, 6.45) is 0.792. The molecule has 0 aromatic carbocycles. The Kier molecular flexibility index (Phi) is 9.13. The van der Waals surface area contributed by atoms with Crippen molar-refractivity contribution < 1.29 is 9.53 Å². The minimum absolute atomic E-state index is 0.451. The van der Waals surface area contributed by atoms with Gasteiger partial charge < -0.3 is 14.8 Å². The summed E-state index contributed by atoms with van der Waals surface area (Å²) in [5, 5.41) is 3.61. The molecule has 1 fully saturated rings. The maximum atomic E-state index is 9.13. The van der Waals surface area contributed by atoms with Gasteiger partial charge in [0, 0.05) is 13.1 Å². The molecule has 0 unspecified atom stereocenters. The summed E-state index contributed by atoms with van der Waals surface area (Å²) >= 11 is 2.88. The minimum Gasteiger partial charge on any atom is -0.379 e. The molecule has 1 N–H and O–H groups in total. The standard InChI is InChI=1S/C4H9NO.C2H3BrO/c1-3-6-4-2-5-1;3-1-2-4/h5H,1-4H2;2H,1H2. The van der Waals surface area contributed by atoms with E-state index >= 15 is 0 Å². The summed E-state index contributed by atoms with van der Waals surface area (Å²) < 4.78 is 5.01. The minimum atomic E-state index is 0.451. The van der Waals surface area contributed by atoms with Crippen molar-refractivity contribution in [2.75, 3.05) is 31.6 Å². The van der Waals surface area contributed by atoms with E-state index in [4.69, 9.17) is 9.53 Å². The van der Waals surface area contributed by atoms with E-state index in [-0.39, 0.29) is 0 Å². The van der Waals surface area contributed by atoms with E-state index in [9.17, 15) is 0 Å². The van der Waals surface area contributed by atoms with Gasteiger partial charge in [-0.05, 0) is 0 Å². The summed E-state index contributed by atoms with van der Waals surface area (Å²) in [6.45, 7) is 3.83. The quantitative estimate of drug-likeness (QED) is 0.495. The van der Waals surface area contributed by atoms with Crippen LogP contribution in [-0.2, 0) is 9.53 Å². The van der Waals surface area contributed by atoms with Gasteiger partial charge in [-0.2, -0.15) is 0 Å². The molecule has 0 aromatic heterocycles. The average Bonchev–Trinajstić information content (AvgIpc) is 2.08. The van der Waals surface area contributed by atoms with Crippen LogP contribution in [0, 0.1) is 0 Å². The Morgan fingerprint density at radius 1 is 1.50 bits per heavy atom. The van der Waals surface area contributed by atoms with E-state index in [1.165, 1.54) is 0 Å². The molecule has 1 aliphatic rings. The monoisotopic (exact) mass is 209 g/mol. The Hall–Kier alpha value is 0.0700. The highest BCUT2D eigenvalue weighted by Gasteiger charge is 1.92. The fourth-order valence-corrected chi connectivity index (χ4v) is 0.516. The smallest absolute Gasteiger partial charge is 0.130 e. The van der Waals surface area contributed by atoms with Gasteiger partial charge in [0.15, 0.2) is 0 Å². The van der Waals surface area contributed by atoms with Gasteiger partial charge in [-0.25, -0.2) is 0 Å². The van der Waals surface area contributed by atoms with Gasteiger partial charge in [0.2, 0.25) is 0 Å². The lowest BCUT2D eigenvalue weighted by atomic mass is 10.5. The second-order valence-corrected chi connectivity index (χ2v) is 2.33. The van der Waals surface area contributed by atoms with Crippen molar-refractivity contribution in [1.82, 2.24) is 5.32 Å². The lowest BCUT2D eigenvalue weighted by Gasteiger charge is -2.10. The highest BCUT2D eigenvalue weighted by molar-refractivity contribution is 9.09. The van der Waals surface area contributed by atoms with Crippen LogP contribution in [0.4, 0.5) is 0 Å². The van der Waals surface area contributed by atoms with Crippen LogP contribution in [0.5, 0.6) is 0 Å². The van der Waals surface area contributed by atoms with Crippen molar-refractivity contribution in [2.24, 2.45) is 0 Å². The zero-order valence-corrected chi connectivity index (χ0v) is 7.39. The first-order valence-corrected chi connectivity index (χ1v) is 4.32. The first kappa shape index (κ1) is 10.1. The fourth-order valence-electron chi connectivity index (χ4n) is 0.516. The number of aldehydes is 1. The van der Waals surface area contributed by atoms with Crippen molar-refractivity contribution >= 4 is 22.2 Å². The summed E-state index contributed by atoms with van der Waals surface area (Å²) in [5.74, 6) is 0. The molecule has 1 rings (SSSR count). The number of halogens is 1. The van der Waals surface area contributed by atoms with Crippen molar-refractivity contribution in [2.45, 2.75) is 0 Å². The van der Waals surface area contributed by atoms with Crippen LogP contribution in [0.25, 0.3) is 0 Å². The van der Waals surface area contributed by atoms with Crippen LogP contribution in [0.15, 0.2) is 0 Å². The van der Waals surface area contributed by atoms with E-state index in [0.717, 1.165) is 32.6 Å². The molecule has 0 spiro atoms. The number of nitrogens with one attached hydrogen (secondary N) is 1. The Labute approximate surface area is 69.3 Å². The summed E-state index contributed by atoms with van der Waals surface area (Å²) in [7, 11) is 0. The molecular formula is C6H12BrNO2. The van der Waals surface area contributed by atoms with Crippen molar-refractivity contribution in [3.63, 3.8) is 0 Å². The van der Waals surface area contributed by atoms with E-state index < -0.39 is 0 Å². The molecule has 0 amide bonds. The maximum absolute atomic E-state index is 9.13. The zero-order chi connectivity index (χ0) is 7.66. The highest BCUT2D eigenvalue weighted by atomic mass is 79.9. The molecule has 0 aliphatic carbocycles. The molecule has 0 saturated carbocycles. The van der Waals surface area contributed by atoms with Gasteiger partial charge in [-0.3, -0.25) is 0 Å². The maximum Gasteiger partial charge on any atom is 0.130 e. The first-order valence-electron chi connectivity index (χ1n) is 3.20. The zero-order valence-electron chi connectivity index (χ0n) is 5.81. The molecule has 3 nitrogen and oxygen atoms in total. The third-order valence-electron chi connectivity index (χ3n) is 0.909. The molecule has 60 valence electrons. The molecule has 4 heteroatoms. The number of hydrogen-bond acceptors (Lipinski definition) is 3. The Morgan fingerprint density at radius 2 is 2.00 bits per heavy atom. The van der Waals surface area contributed by atoms with Crippen molar-refractivity contribution in [1.29, 1.82) is 0 Å². The van der Waals surface area contributed by atoms with Gasteiger partial charge in [0.1, 0.15) is 6.29 Å². The Bertz CT molecular complexity index is 64.6. The number of alkyl halides is 1. The van der Waals surface area contributed by atoms with Crippen LogP contribution in [0.2, 0.25) is 0 Å². The van der Waals surface area contributed by atoms with E-state index in [1.54, 1.807) is 0 Å². The van der Waals surface area contributed by atoms with Gasteiger partial charge >= 0.3 is 0 Å². The van der Waals surface area contributed by atoms with E-state index in [1.807, 2.05) is 0 Å². The first-order chi connectivity index (χ1) is 4.91. The second-order valence-electron chi connectivity index (χ2n) is 1.68. The summed E-state index contributed by atoms with van der Waals surface area (Å²) in [4.78, 5) is 9.13. The number of hydrogen-bond donors (Lipinski definition) is 1. The lowest BCUT2D eigenvalue weighted by Crippen LogP contribution is -2.30. The fraction of sp³-hybridized carbons (Fsp3) is 0.833. The van der Waals surface area contributed by atoms with Crippen LogP contribution < -0.4 is 5.32 Å². The third-order valence-corrected chi connectivity index (χ3v) is 1.17. The lowest BCUT2D eigenvalue weighted by molar-refractivity contribution is -0.105. The van der Waals surface area contributed by atoms with Gasteiger partial charge in [0.05, 0.1) is 18.5 Å². The number of carbonyl (C=O) groups is 1. The normalized spacial score (nSPS) is 16.9. The van der Waals surface area contributed by atoms with Gasteiger partial charge in [0.25, 0.3) is 0 Å². The van der Waals surface area contributed by atoms with Gasteiger partial charge in [-0.1, -0.05) is 15.9 Å². The van der Waals surface area contributed by atoms with Crippen LogP contribution in [0.3, 0.4) is 0 Å². The van der Waals surface area contributed by atoms with E-state index in [0.29, 0.717) is 5.33 Å². The van der Waals surface area contributed by atoms with Crippen LogP contribution >= 0.6 is 15.9 Å². The average molecular weight is 210 g/mol. The van der Waals surface area contributed by atoms with E-state index in [2.05, 4.69) is 21.2 Å². The third kappa shape index (κ3) is 8.07. The molecule has 0 radical (unpaired) electrons. The molecule has 0 aromatic rings. The predicted molar refractivity (Wildman–Crippen MR) is 43.5 cm³/mol. The Morgan fingerprint density at radius 3 is 2.10 bits per heavy atom. The number of carbonyl (C=O) groups excluding carboxylic acids is 1. The topological polar surface area (TPSA) is 38.3 Å². The van der Waals surface area contributed by atoms with Gasteiger partial charge in [-0.15, -0.1) is 0 Å². The molecule has 0 atom stereocenters. The molecule has 1 saturated heterocycles. The number of morpholine rings is 1. The van der Waals surface area contributed by atoms with Crippen LogP contribution in [-0.4, -0.2) is 37.9 Å². The molecule has 0 bridgehead atoms. The molecule has 10 heavy (non-hydrogen) atoms. The summed E-state index contributed by atoms with van der Waals surface area (Å²) in [6, 6.07) is 0. The predicted octanol–water partition coefficient (Wildman–Crippen LogP) is 0.186.